The maximum atomic E-state index is 11.9. The molecule has 0 saturated heterocycles. The number of hydrazone groups is 1. The van der Waals surface area contributed by atoms with Gasteiger partial charge in [-0.1, -0.05) is 18.2 Å². The molecule has 0 heterocycles. The molecule has 2 rings (SSSR count). The Morgan fingerprint density at radius 3 is 2.67 bits per heavy atom. The van der Waals surface area contributed by atoms with E-state index in [0.29, 0.717) is 17.0 Å². The van der Waals surface area contributed by atoms with Crippen LogP contribution in [0.15, 0.2) is 47.6 Å². The van der Waals surface area contributed by atoms with Crippen LogP contribution in [0, 0.1) is 6.92 Å². The summed E-state index contributed by atoms with van der Waals surface area (Å²) in [6.45, 7) is 1.86. The summed E-state index contributed by atoms with van der Waals surface area (Å²) in [6.07, 6.45) is 1.32. The van der Waals surface area contributed by atoms with Crippen molar-refractivity contribution in [2.75, 3.05) is 12.4 Å². The molecule has 0 radical (unpaired) electrons. The average Bonchev–Trinajstić information content (AvgIpc) is 2.55. The lowest BCUT2D eigenvalue weighted by atomic mass is 10.2. The highest BCUT2D eigenvalue weighted by molar-refractivity contribution is 6.39. The monoisotopic (exact) mass is 327 g/mol. The summed E-state index contributed by atoms with van der Waals surface area (Å²) in [5.41, 5.74) is 4.01. The van der Waals surface area contributed by atoms with E-state index in [2.05, 4.69) is 15.8 Å². The molecule has 0 atom stereocenters. The number of aryl methyl sites for hydroxylation is 1. The third-order valence-electron chi connectivity index (χ3n) is 3.06. The van der Waals surface area contributed by atoms with Gasteiger partial charge in [0, 0.05) is 0 Å². The molecule has 0 aliphatic rings. The molecule has 24 heavy (non-hydrogen) atoms. The van der Waals surface area contributed by atoms with Gasteiger partial charge >= 0.3 is 11.8 Å². The molecule has 0 aromatic heterocycles. The molecular formula is C17H17N3O4. The van der Waals surface area contributed by atoms with Gasteiger partial charge in [0.05, 0.1) is 19.0 Å². The number of aromatic hydroxyl groups is 1. The fourth-order valence-electron chi connectivity index (χ4n) is 1.92. The second-order valence-electron chi connectivity index (χ2n) is 4.95. The van der Waals surface area contributed by atoms with Gasteiger partial charge in [-0.25, -0.2) is 5.43 Å². The van der Waals surface area contributed by atoms with Crippen LogP contribution in [0.2, 0.25) is 0 Å². The highest BCUT2D eigenvalue weighted by atomic mass is 16.5. The van der Waals surface area contributed by atoms with Crippen molar-refractivity contribution < 1.29 is 19.4 Å². The first-order valence-corrected chi connectivity index (χ1v) is 7.07. The number of anilines is 1. The Morgan fingerprint density at radius 1 is 1.17 bits per heavy atom. The zero-order valence-electron chi connectivity index (χ0n) is 13.2. The molecule has 2 amide bonds. The molecule has 0 bridgehead atoms. The van der Waals surface area contributed by atoms with E-state index in [9.17, 15) is 14.7 Å². The van der Waals surface area contributed by atoms with E-state index >= 15 is 0 Å². The number of phenols is 1. The maximum Gasteiger partial charge on any atom is 0.329 e. The van der Waals surface area contributed by atoms with Gasteiger partial charge in [0.25, 0.3) is 0 Å². The normalized spacial score (nSPS) is 10.4. The van der Waals surface area contributed by atoms with Crippen LogP contribution in [0.1, 0.15) is 11.1 Å². The fourth-order valence-corrected chi connectivity index (χ4v) is 1.92. The van der Waals surface area contributed by atoms with E-state index in [4.69, 9.17) is 4.74 Å². The van der Waals surface area contributed by atoms with Crippen molar-refractivity contribution in [2.45, 2.75) is 6.92 Å². The van der Waals surface area contributed by atoms with Crippen LogP contribution >= 0.6 is 0 Å². The molecule has 2 aromatic carbocycles. The Bertz CT molecular complexity index is 787. The molecule has 3 N–H and O–H groups in total. The lowest BCUT2D eigenvalue weighted by molar-refractivity contribution is -0.136. The summed E-state index contributed by atoms with van der Waals surface area (Å²) in [4.78, 5) is 23.7. The standard InChI is InChI=1S/C17H17N3O4/c1-11-6-7-15(24-2)14(8-11)19-16(22)17(23)20-18-10-12-4-3-5-13(21)9-12/h3-10,21H,1-2H3,(H,19,22)(H,20,23)/b18-10-. The van der Waals surface area contributed by atoms with E-state index < -0.39 is 11.8 Å². The van der Waals surface area contributed by atoms with Gasteiger partial charge in [-0.2, -0.15) is 5.10 Å². The number of hydrogen-bond donors (Lipinski definition) is 3. The molecule has 0 aliphatic carbocycles. The van der Waals surface area contributed by atoms with Gasteiger partial charge in [0.1, 0.15) is 11.5 Å². The van der Waals surface area contributed by atoms with Crippen molar-refractivity contribution in [3.63, 3.8) is 0 Å². The number of nitrogens with zero attached hydrogens (tertiary/aromatic N) is 1. The topological polar surface area (TPSA) is 100 Å². The van der Waals surface area contributed by atoms with Gasteiger partial charge < -0.3 is 15.2 Å². The summed E-state index contributed by atoms with van der Waals surface area (Å²) in [6, 6.07) is 11.5. The van der Waals surface area contributed by atoms with E-state index in [0.717, 1.165) is 5.56 Å². The highest BCUT2D eigenvalue weighted by Crippen LogP contribution is 2.24. The maximum absolute atomic E-state index is 11.9. The van der Waals surface area contributed by atoms with Crippen LogP contribution in [0.25, 0.3) is 0 Å². The molecule has 2 aromatic rings. The highest BCUT2D eigenvalue weighted by Gasteiger charge is 2.15. The number of nitrogens with one attached hydrogen (secondary N) is 2. The smallest absolute Gasteiger partial charge is 0.329 e. The van der Waals surface area contributed by atoms with Crippen LogP contribution in [0.4, 0.5) is 5.69 Å². The minimum atomic E-state index is -0.921. The second-order valence-corrected chi connectivity index (χ2v) is 4.95. The Hall–Kier alpha value is -3.35. The van der Waals surface area contributed by atoms with Gasteiger partial charge in [-0.05, 0) is 42.3 Å². The summed E-state index contributed by atoms with van der Waals surface area (Å²) in [5.74, 6) is -1.26. The molecule has 0 unspecified atom stereocenters. The number of amides is 2. The first-order valence-electron chi connectivity index (χ1n) is 7.07. The number of hydrogen-bond acceptors (Lipinski definition) is 5. The van der Waals surface area contributed by atoms with Crippen LogP contribution in [-0.4, -0.2) is 30.2 Å². The predicted octanol–water partition coefficient (Wildman–Crippen LogP) is 1.80. The third kappa shape index (κ3) is 4.57. The van der Waals surface area contributed by atoms with E-state index in [1.165, 1.54) is 25.5 Å². The van der Waals surface area contributed by atoms with Crippen LogP contribution in [-0.2, 0) is 9.59 Å². The fraction of sp³-hybridized carbons (Fsp3) is 0.118. The number of rotatable bonds is 4. The van der Waals surface area contributed by atoms with Gasteiger partial charge in [-0.15, -0.1) is 0 Å². The zero-order valence-corrected chi connectivity index (χ0v) is 13.2. The lowest BCUT2D eigenvalue weighted by Gasteiger charge is -2.10. The van der Waals surface area contributed by atoms with Crippen LogP contribution in [0.5, 0.6) is 11.5 Å². The Morgan fingerprint density at radius 2 is 1.96 bits per heavy atom. The SMILES string of the molecule is COc1ccc(C)cc1NC(=O)C(=O)N/N=C\c1cccc(O)c1. The van der Waals surface area contributed by atoms with Gasteiger partial charge in [-0.3, -0.25) is 9.59 Å². The van der Waals surface area contributed by atoms with Crippen molar-refractivity contribution in [3.05, 3.63) is 53.6 Å². The molecule has 7 nitrogen and oxygen atoms in total. The van der Waals surface area contributed by atoms with Crippen molar-refractivity contribution in [1.82, 2.24) is 5.43 Å². The molecule has 7 heteroatoms. The number of methoxy groups -OCH3 is 1. The molecule has 0 spiro atoms. The second kappa shape index (κ2) is 7.77. The predicted molar refractivity (Wildman–Crippen MR) is 90.2 cm³/mol. The molecule has 0 fully saturated rings. The Labute approximate surface area is 139 Å². The lowest BCUT2D eigenvalue weighted by Crippen LogP contribution is -2.32. The van der Waals surface area contributed by atoms with Gasteiger partial charge in [0.15, 0.2) is 0 Å². The minimum absolute atomic E-state index is 0.0783. The minimum Gasteiger partial charge on any atom is -0.508 e. The van der Waals surface area contributed by atoms with Crippen molar-refractivity contribution in [1.29, 1.82) is 0 Å². The number of carbonyl (C=O) groups excluding carboxylic acids is 2. The first kappa shape index (κ1) is 17.0. The summed E-state index contributed by atoms with van der Waals surface area (Å²) in [5, 5.41) is 15.5. The van der Waals surface area contributed by atoms with E-state index in [1.54, 1.807) is 24.3 Å². The Kier molecular flexibility index (Phi) is 5.51. The largest absolute Gasteiger partial charge is 0.508 e. The van der Waals surface area contributed by atoms with Gasteiger partial charge in [0.2, 0.25) is 0 Å². The summed E-state index contributed by atoms with van der Waals surface area (Å²) in [7, 11) is 1.47. The third-order valence-corrected chi connectivity index (χ3v) is 3.06. The molecule has 0 aliphatic heterocycles. The Balaban J connectivity index is 1.98. The molecule has 0 saturated carbocycles. The summed E-state index contributed by atoms with van der Waals surface area (Å²) >= 11 is 0. The van der Waals surface area contributed by atoms with Crippen molar-refractivity contribution in [3.8, 4) is 11.5 Å². The molecular weight excluding hydrogens is 310 g/mol. The van der Waals surface area contributed by atoms with E-state index in [1.807, 2.05) is 13.0 Å². The molecule has 124 valence electrons. The number of phenolic OH excluding ortho intramolecular Hbond substituents is 1. The number of benzene rings is 2. The van der Waals surface area contributed by atoms with Crippen molar-refractivity contribution >= 4 is 23.7 Å². The zero-order chi connectivity index (χ0) is 17.5. The van der Waals surface area contributed by atoms with Crippen LogP contribution < -0.4 is 15.5 Å². The first-order chi connectivity index (χ1) is 11.5. The van der Waals surface area contributed by atoms with Crippen molar-refractivity contribution in [2.24, 2.45) is 5.10 Å². The quantitative estimate of drug-likeness (QED) is 0.453. The number of carbonyl (C=O) groups is 2. The average molecular weight is 327 g/mol. The van der Waals surface area contributed by atoms with E-state index in [-0.39, 0.29) is 5.75 Å². The number of ether oxygens (including phenoxy) is 1. The summed E-state index contributed by atoms with van der Waals surface area (Å²) < 4.78 is 5.13. The van der Waals surface area contributed by atoms with Crippen LogP contribution in [0.3, 0.4) is 0 Å².